The molecule has 0 saturated carbocycles. The fourth-order valence-corrected chi connectivity index (χ4v) is 2.25. The van der Waals surface area contributed by atoms with Crippen LogP contribution in [-0.2, 0) is 0 Å². The number of carbonyl (C=O) groups excluding carboxylic acids is 1. The van der Waals surface area contributed by atoms with E-state index in [4.69, 9.17) is 10.5 Å². The number of hydrogen-bond donors (Lipinski definition) is 1. The lowest BCUT2D eigenvalue weighted by atomic mass is 10.1. The molecule has 2 aromatic carbocycles. The van der Waals surface area contributed by atoms with Crippen molar-refractivity contribution in [3.8, 4) is 11.4 Å². The van der Waals surface area contributed by atoms with Crippen molar-refractivity contribution in [2.75, 3.05) is 12.8 Å². The van der Waals surface area contributed by atoms with Gasteiger partial charge in [0.1, 0.15) is 17.8 Å². The van der Waals surface area contributed by atoms with Crippen molar-refractivity contribution in [1.82, 2.24) is 9.55 Å². The Balaban J connectivity index is 2.05. The van der Waals surface area contributed by atoms with Crippen molar-refractivity contribution in [3.63, 3.8) is 0 Å². The summed E-state index contributed by atoms with van der Waals surface area (Å²) in [7, 11) is 1.61. The Kier molecular flexibility index (Phi) is 3.62. The van der Waals surface area contributed by atoms with Crippen LogP contribution in [0, 0.1) is 0 Å². The summed E-state index contributed by atoms with van der Waals surface area (Å²) in [5.41, 5.74) is 7.62. The fraction of sp³-hybridized carbons (Fsp3) is 0.0588. The molecule has 0 amide bonds. The summed E-state index contributed by atoms with van der Waals surface area (Å²) < 4.78 is 6.83. The smallest absolute Gasteiger partial charge is 0.213 e. The number of anilines is 1. The molecule has 2 N–H and O–H groups in total. The molecule has 0 saturated heterocycles. The van der Waals surface area contributed by atoms with E-state index in [1.807, 2.05) is 42.5 Å². The lowest BCUT2D eigenvalue weighted by Crippen LogP contribution is -2.10. The highest BCUT2D eigenvalue weighted by atomic mass is 16.5. The third-order valence-electron chi connectivity index (χ3n) is 3.40. The maximum Gasteiger partial charge on any atom is 0.213 e. The number of ketones is 1. The van der Waals surface area contributed by atoms with Gasteiger partial charge in [-0.05, 0) is 24.3 Å². The van der Waals surface area contributed by atoms with Crippen LogP contribution in [0.1, 0.15) is 16.1 Å². The molecule has 0 radical (unpaired) electrons. The number of nitrogens with two attached hydrogens (primary N) is 1. The minimum absolute atomic E-state index is 0.161. The molecule has 3 rings (SSSR count). The van der Waals surface area contributed by atoms with Crippen molar-refractivity contribution in [2.45, 2.75) is 0 Å². The van der Waals surface area contributed by atoms with Gasteiger partial charge in [-0.25, -0.2) is 4.98 Å². The third-order valence-corrected chi connectivity index (χ3v) is 3.40. The third kappa shape index (κ3) is 2.44. The Hall–Kier alpha value is -3.08. The summed E-state index contributed by atoms with van der Waals surface area (Å²) in [4.78, 5) is 16.8. The molecule has 22 heavy (non-hydrogen) atoms. The van der Waals surface area contributed by atoms with Gasteiger partial charge >= 0.3 is 0 Å². The number of aromatic nitrogens is 2. The molecule has 5 nitrogen and oxygen atoms in total. The summed E-state index contributed by atoms with van der Waals surface area (Å²) in [5.74, 6) is 0.795. The van der Waals surface area contributed by atoms with Gasteiger partial charge in [0.25, 0.3) is 0 Å². The molecule has 0 aliphatic rings. The maximum atomic E-state index is 12.7. The summed E-state index contributed by atoms with van der Waals surface area (Å²) in [6.07, 6.45) is 1.55. The molecule has 0 spiro atoms. The zero-order valence-electron chi connectivity index (χ0n) is 12.1. The van der Waals surface area contributed by atoms with Crippen molar-refractivity contribution < 1.29 is 9.53 Å². The molecule has 0 aliphatic carbocycles. The number of nitrogens with zero attached hydrogens (tertiary/aromatic N) is 2. The van der Waals surface area contributed by atoms with Crippen LogP contribution in [0.15, 0.2) is 60.9 Å². The number of imidazole rings is 1. The van der Waals surface area contributed by atoms with Gasteiger partial charge in [-0.3, -0.25) is 9.36 Å². The van der Waals surface area contributed by atoms with Crippen LogP contribution in [0.2, 0.25) is 0 Å². The van der Waals surface area contributed by atoms with E-state index in [2.05, 4.69) is 4.98 Å². The van der Waals surface area contributed by atoms with Gasteiger partial charge in [0, 0.05) is 11.3 Å². The molecule has 0 fully saturated rings. The largest absolute Gasteiger partial charge is 0.497 e. The van der Waals surface area contributed by atoms with Crippen molar-refractivity contribution in [1.29, 1.82) is 0 Å². The van der Waals surface area contributed by atoms with Crippen LogP contribution < -0.4 is 10.5 Å². The first-order valence-corrected chi connectivity index (χ1v) is 6.77. The van der Waals surface area contributed by atoms with Gasteiger partial charge in [-0.15, -0.1) is 0 Å². The van der Waals surface area contributed by atoms with Gasteiger partial charge in [-0.1, -0.05) is 30.3 Å². The minimum Gasteiger partial charge on any atom is -0.497 e. The molecule has 0 aliphatic heterocycles. The summed E-state index contributed by atoms with van der Waals surface area (Å²) in [6.45, 7) is 0. The highest BCUT2D eigenvalue weighted by Crippen LogP contribution is 2.22. The van der Waals surface area contributed by atoms with Crippen LogP contribution in [0.5, 0.6) is 5.75 Å². The molecular weight excluding hydrogens is 278 g/mol. The zero-order valence-corrected chi connectivity index (χ0v) is 12.1. The van der Waals surface area contributed by atoms with Crippen molar-refractivity contribution in [2.24, 2.45) is 0 Å². The number of carbonyl (C=O) groups is 1. The molecule has 0 unspecified atom stereocenters. The van der Waals surface area contributed by atoms with Gasteiger partial charge in [-0.2, -0.15) is 0 Å². The van der Waals surface area contributed by atoms with Gasteiger partial charge in [0.05, 0.1) is 7.11 Å². The van der Waals surface area contributed by atoms with Crippen LogP contribution in [0.4, 0.5) is 5.82 Å². The Labute approximate surface area is 128 Å². The quantitative estimate of drug-likeness (QED) is 0.751. The average molecular weight is 293 g/mol. The first kappa shape index (κ1) is 13.9. The first-order valence-electron chi connectivity index (χ1n) is 6.77. The Morgan fingerprint density at radius 2 is 1.77 bits per heavy atom. The van der Waals surface area contributed by atoms with E-state index in [-0.39, 0.29) is 11.6 Å². The predicted molar refractivity (Wildman–Crippen MR) is 84.4 cm³/mol. The Bertz CT molecular complexity index is 793. The Morgan fingerprint density at radius 1 is 1.09 bits per heavy atom. The molecule has 3 aromatic rings. The van der Waals surface area contributed by atoms with E-state index in [0.717, 1.165) is 11.4 Å². The molecule has 0 atom stereocenters. The lowest BCUT2D eigenvalue weighted by molar-refractivity contribution is 0.103. The molecule has 5 heteroatoms. The van der Waals surface area contributed by atoms with Gasteiger partial charge in [0.2, 0.25) is 5.78 Å². The second-order valence-electron chi connectivity index (χ2n) is 4.74. The van der Waals surface area contributed by atoms with Crippen LogP contribution in [0.3, 0.4) is 0 Å². The van der Waals surface area contributed by atoms with E-state index in [1.165, 1.54) is 0 Å². The number of ether oxygens (including phenoxy) is 1. The molecule has 110 valence electrons. The molecule has 1 aromatic heterocycles. The number of rotatable bonds is 4. The van der Waals surface area contributed by atoms with Gasteiger partial charge < -0.3 is 10.5 Å². The summed E-state index contributed by atoms with van der Waals surface area (Å²) in [6, 6.07) is 16.4. The molecule has 0 bridgehead atoms. The number of hydrogen-bond acceptors (Lipinski definition) is 4. The van der Waals surface area contributed by atoms with Crippen molar-refractivity contribution >= 4 is 11.6 Å². The SMILES string of the molecule is COc1ccc(-n2cnc(N)c2C(=O)c2ccccc2)cc1. The summed E-state index contributed by atoms with van der Waals surface area (Å²) in [5, 5.41) is 0. The lowest BCUT2D eigenvalue weighted by Gasteiger charge is -2.09. The molecule has 1 heterocycles. The fourth-order valence-electron chi connectivity index (χ4n) is 2.25. The minimum atomic E-state index is -0.161. The highest BCUT2D eigenvalue weighted by Gasteiger charge is 2.19. The molecular formula is C17H15N3O2. The normalized spacial score (nSPS) is 10.4. The Morgan fingerprint density at radius 3 is 2.41 bits per heavy atom. The number of methoxy groups -OCH3 is 1. The summed E-state index contributed by atoms with van der Waals surface area (Å²) >= 11 is 0. The monoisotopic (exact) mass is 293 g/mol. The average Bonchev–Trinajstić information content (AvgIpc) is 2.96. The van der Waals surface area contributed by atoms with Crippen LogP contribution in [-0.4, -0.2) is 22.4 Å². The zero-order chi connectivity index (χ0) is 15.5. The predicted octanol–water partition coefficient (Wildman–Crippen LogP) is 2.69. The number of benzene rings is 2. The maximum absolute atomic E-state index is 12.7. The van der Waals surface area contributed by atoms with E-state index in [0.29, 0.717) is 11.3 Å². The van der Waals surface area contributed by atoms with E-state index < -0.39 is 0 Å². The van der Waals surface area contributed by atoms with E-state index in [9.17, 15) is 4.79 Å². The van der Waals surface area contributed by atoms with Gasteiger partial charge in [0.15, 0.2) is 5.82 Å². The second kappa shape index (κ2) is 5.73. The second-order valence-corrected chi connectivity index (χ2v) is 4.74. The topological polar surface area (TPSA) is 70.1 Å². The van der Waals surface area contributed by atoms with Crippen LogP contribution in [0.25, 0.3) is 5.69 Å². The van der Waals surface area contributed by atoms with E-state index >= 15 is 0 Å². The standard InChI is InChI=1S/C17H15N3O2/c1-22-14-9-7-13(8-10-14)20-11-19-17(18)15(20)16(21)12-5-3-2-4-6-12/h2-11H,18H2,1H3. The first-order chi connectivity index (χ1) is 10.7. The van der Waals surface area contributed by atoms with Crippen molar-refractivity contribution in [3.05, 3.63) is 72.2 Å². The highest BCUT2D eigenvalue weighted by molar-refractivity contribution is 6.10. The van der Waals surface area contributed by atoms with E-state index in [1.54, 1.807) is 30.1 Å². The number of nitrogen functional groups attached to an aromatic ring is 1. The van der Waals surface area contributed by atoms with Crippen LogP contribution >= 0.6 is 0 Å².